The van der Waals surface area contributed by atoms with E-state index < -0.39 is 11.9 Å². The Morgan fingerprint density at radius 2 is 1.60 bits per heavy atom. The molecule has 20 heavy (non-hydrogen) atoms. The molecule has 102 valence electrons. The largest absolute Gasteiger partial charge is 0.437 e. The number of fused-ring (bicyclic) bond motifs is 1. The summed E-state index contributed by atoms with van der Waals surface area (Å²) in [5.74, 6) is 0. The van der Waals surface area contributed by atoms with Gasteiger partial charge in [-0.05, 0) is 23.8 Å². The van der Waals surface area contributed by atoms with E-state index in [-0.39, 0.29) is 5.52 Å². The van der Waals surface area contributed by atoms with Crippen LogP contribution in [0.15, 0.2) is 42.6 Å². The topological polar surface area (TPSA) is 56.2 Å². The fourth-order valence-electron chi connectivity index (χ4n) is 1.94. The van der Waals surface area contributed by atoms with Crippen molar-refractivity contribution >= 4 is 11.2 Å². The zero-order chi connectivity index (χ0) is 14.3. The number of halogens is 3. The van der Waals surface area contributed by atoms with Crippen LogP contribution in [0.2, 0.25) is 0 Å². The Labute approximate surface area is 111 Å². The van der Waals surface area contributed by atoms with E-state index in [1.807, 2.05) is 0 Å². The van der Waals surface area contributed by atoms with Crippen LogP contribution in [0.3, 0.4) is 0 Å². The first-order chi connectivity index (χ1) is 9.45. The number of alkyl halides is 3. The summed E-state index contributed by atoms with van der Waals surface area (Å²) in [5.41, 5.74) is 6.73. The Morgan fingerprint density at radius 1 is 0.950 bits per heavy atom. The minimum atomic E-state index is -4.51. The summed E-state index contributed by atoms with van der Waals surface area (Å²) in [4.78, 5) is 0. The number of hydrogen-bond acceptors (Lipinski definition) is 3. The first-order valence-corrected chi connectivity index (χ1v) is 5.73. The van der Waals surface area contributed by atoms with Crippen LogP contribution in [-0.4, -0.2) is 14.8 Å². The van der Waals surface area contributed by atoms with Gasteiger partial charge in [-0.1, -0.05) is 23.4 Å². The first-order valence-electron chi connectivity index (χ1n) is 5.73. The molecule has 0 unspecified atom stereocenters. The lowest BCUT2D eigenvalue weighted by molar-refractivity contribution is -0.139. The number of nitrogens with two attached hydrogens (primary N) is 1. The third kappa shape index (κ3) is 2.07. The highest BCUT2D eigenvalue weighted by molar-refractivity contribution is 5.67. The van der Waals surface area contributed by atoms with Crippen molar-refractivity contribution in [2.45, 2.75) is 6.18 Å². The molecule has 0 bridgehead atoms. The maximum atomic E-state index is 12.7. The van der Waals surface area contributed by atoms with Crippen molar-refractivity contribution in [3.05, 3.63) is 48.3 Å². The Kier molecular flexibility index (Phi) is 2.63. The SMILES string of the molecule is Nc1ccc(-c2ccc3c(C(F)(F)F)nnn3c2)cc1. The second-order valence-electron chi connectivity index (χ2n) is 4.31. The van der Waals surface area contributed by atoms with Crippen LogP contribution in [0.4, 0.5) is 18.9 Å². The summed E-state index contributed by atoms with van der Waals surface area (Å²) in [6, 6.07) is 9.98. The molecule has 2 heterocycles. The Bertz CT molecular complexity index is 759. The first kappa shape index (κ1) is 12.5. The van der Waals surface area contributed by atoms with Crippen molar-refractivity contribution in [1.29, 1.82) is 0 Å². The van der Waals surface area contributed by atoms with Crippen molar-refractivity contribution in [3.63, 3.8) is 0 Å². The van der Waals surface area contributed by atoms with E-state index in [0.717, 1.165) is 15.6 Å². The van der Waals surface area contributed by atoms with Crippen LogP contribution in [0, 0.1) is 0 Å². The third-order valence-corrected chi connectivity index (χ3v) is 2.93. The van der Waals surface area contributed by atoms with Gasteiger partial charge in [-0.25, -0.2) is 4.52 Å². The molecule has 0 aliphatic heterocycles. The lowest BCUT2D eigenvalue weighted by atomic mass is 10.1. The van der Waals surface area contributed by atoms with Gasteiger partial charge in [-0.3, -0.25) is 0 Å². The molecule has 0 atom stereocenters. The zero-order valence-corrected chi connectivity index (χ0v) is 10.1. The smallest absolute Gasteiger partial charge is 0.399 e. The van der Waals surface area contributed by atoms with Crippen LogP contribution in [-0.2, 0) is 6.18 Å². The number of nitrogen functional groups attached to an aromatic ring is 1. The summed E-state index contributed by atoms with van der Waals surface area (Å²) in [6.45, 7) is 0. The lowest BCUT2D eigenvalue weighted by Gasteiger charge is -2.04. The number of pyridine rings is 1. The van der Waals surface area contributed by atoms with E-state index in [1.165, 1.54) is 12.3 Å². The molecule has 0 amide bonds. The number of anilines is 1. The standard InChI is InChI=1S/C13H9F3N4/c14-13(15,16)12-11-6-3-9(7-20(11)19-18-12)8-1-4-10(17)5-2-8/h1-7H,17H2. The maximum Gasteiger partial charge on any atom is 0.437 e. The summed E-state index contributed by atoms with van der Waals surface area (Å²) in [6.07, 6.45) is -3.01. The molecule has 0 radical (unpaired) electrons. The molecule has 4 nitrogen and oxygen atoms in total. The van der Waals surface area contributed by atoms with Gasteiger partial charge < -0.3 is 5.73 Å². The van der Waals surface area contributed by atoms with Gasteiger partial charge >= 0.3 is 6.18 Å². The predicted octanol–water partition coefficient (Wildman–Crippen LogP) is 3.00. The molecule has 0 saturated heterocycles. The number of nitrogens with zero attached hydrogens (tertiary/aromatic N) is 3. The van der Waals surface area contributed by atoms with Crippen LogP contribution in [0.1, 0.15) is 5.69 Å². The molecule has 2 aromatic heterocycles. The second kappa shape index (κ2) is 4.22. The molecule has 3 aromatic rings. The number of hydrogen-bond donors (Lipinski definition) is 1. The van der Waals surface area contributed by atoms with E-state index in [0.29, 0.717) is 5.69 Å². The Morgan fingerprint density at radius 3 is 2.25 bits per heavy atom. The summed E-state index contributed by atoms with van der Waals surface area (Å²) in [7, 11) is 0. The van der Waals surface area contributed by atoms with Gasteiger partial charge in [0.25, 0.3) is 0 Å². The highest BCUT2D eigenvalue weighted by Crippen LogP contribution is 2.31. The van der Waals surface area contributed by atoms with Gasteiger partial charge in [-0.2, -0.15) is 13.2 Å². The van der Waals surface area contributed by atoms with Gasteiger partial charge in [0.2, 0.25) is 0 Å². The van der Waals surface area contributed by atoms with Gasteiger partial charge in [0.1, 0.15) is 0 Å². The molecule has 0 fully saturated rings. The number of aromatic nitrogens is 3. The molecule has 7 heteroatoms. The molecule has 1 aromatic carbocycles. The van der Waals surface area contributed by atoms with Gasteiger partial charge in [0, 0.05) is 17.4 Å². The molecule has 0 saturated carbocycles. The van der Waals surface area contributed by atoms with E-state index >= 15 is 0 Å². The average molecular weight is 278 g/mol. The number of benzene rings is 1. The van der Waals surface area contributed by atoms with Crippen molar-refractivity contribution < 1.29 is 13.2 Å². The summed E-state index contributed by atoms with van der Waals surface area (Å²) < 4.78 is 39.2. The lowest BCUT2D eigenvalue weighted by Crippen LogP contribution is -2.06. The minimum absolute atomic E-state index is 0.0725. The highest BCUT2D eigenvalue weighted by atomic mass is 19.4. The van der Waals surface area contributed by atoms with Crippen molar-refractivity contribution in [2.75, 3.05) is 5.73 Å². The van der Waals surface area contributed by atoms with Crippen molar-refractivity contribution in [1.82, 2.24) is 14.8 Å². The van der Waals surface area contributed by atoms with Crippen molar-refractivity contribution in [3.8, 4) is 11.1 Å². The van der Waals surface area contributed by atoms with E-state index in [4.69, 9.17) is 5.73 Å². The summed E-state index contributed by atoms with van der Waals surface area (Å²) >= 11 is 0. The fraction of sp³-hybridized carbons (Fsp3) is 0.0769. The van der Waals surface area contributed by atoms with Crippen LogP contribution in [0.5, 0.6) is 0 Å². The van der Waals surface area contributed by atoms with E-state index in [1.54, 1.807) is 30.3 Å². The molecular formula is C13H9F3N4. The summed E-state index contributed by atoms with van der Waals surface area (Å²) in [5, 5.41) is 6.69. The molecule has 0 spiro atoms. The zero-order valence-electron chi connectivity index (χ0n) is 10.1. The van der Waals surface area contributed by atoms with Gasteiger partial charge in [-0.15, -0.1) is 5.10 Å². The van der Waals surface area contributed by atoms with Crippen molar-refractivity contribution in [2.24, 2.45) is 0 Å². The van der Waals surface area contributed by atoms with Gasteiger partial charge in [0.05, 0.1) is 5.52 Å². The normalized spacial score (nSPS) is 11.9. The molecular weight excluding hydrogens is 269 g/mol. The highest BCUT2D eigenvalue weighted by Gasteiger charge is 2.36. The minimum Gasteiger partial charge on any atom is -0.399 e. The maximum absolute atomic E-state index is 12.7. The third-order valence-electron chi connectivity index (χ3n) is 2.93. The average Bonchev–Trinajstić information content (AvgIpc) is 2.82. The molecule has 0 aliphatic rings. The fourth-order valence-corrected chi connectivity index (χ4v) is 1.94. The monoisotopic (exact) mass is 278 g/mol. The van der Waals surface area contributed by atoms with E-state index in [9.17, 15) is 13.2 Å². The Balaban J connectivity index is 2.10. The Hall–Kier alpha value is -2.57. The predicted molar refractivity (Wildman–Crippen MR) is 67.8 cm³/mol. The quantitative estimate of drug-likeness (QED) is 0.696. The number of rotatable bonds is 1. The molecule has 0 aliphatic carbocycles. The van der Waals surface area contributed by atoms with Crippen LogP contribution in [0.25, 0.3) is 16.6 Å². The van der Waals surface area contributed by atoms with E-state index in [2.05, 4.69) is 10.3 Å². The second-order valence-corrected chi connectivity index (χ2v) is 4.31. The van der Waals surface area contributed by atoms with Crippen LogP contribution >= 0.6 is 0 Å². The van der Waals surface area contributed by atoms with Crippen LogP contribution < -0.4 is 5.73 Å². The van der Waals surface area contributed by atoms with Gasteiger partial charge in [0.15, 0.2) is 5.69 Å². The molecule has 2 N–H and O–H groups in total. The molecule has 3 rings (SSSR count).